The third-order valence-corrected chi connectivity index (χ3v) is 3.71. The Morgan fingerprint density at radius 2 is 2.29 bits per heavy atom. The lowest BCUT2D eigenvalue weighted by atomic mass is 10.1. The maximum atomic E-state index is 11.0. The molecule has 0 bridgehead atoms. The minimum Gasteiger partial charge on any atom is -0.478 e. The van der Waals surface area contributed by atoms with Gasteiger partial charge in [0.05, 0.1) is 16.6 Å². The molecule has 0 aliphatic heterocycles. The molecule has 5 nitrogen and oxygen atoms in total. The van der Waals surface area contributed by atoms with E-state index >= 15 is 0 Å². The standard InChI is InChI=1S/C11H12N2O3S/c1-6-8(5-12-13(6)2)9(14)10-7(11(15)16)3-4-17-10/h3-5,9,14H,1-2H3,(H,15,16). The number of nitrogens with zero attached hydrogens (tertiary/aromatic N) is 2. The van der Waals surface area contributed by atoms with E-state index in [9.17, 15) is 9.90 Å². The van der Waals surface area contributed by atoms with Gasteiger partial charge in [0.25, 0.3) is 0 Å². The smallest absolute Gasteiger partial charge is 0.336 e. The van der Waals surface area contributed by atoms with Crippen LogP contribution >= 0.6 is 11.3 Å². The number of thiophene rings is 1. The number of hydrogen-bond donors (Lipinski definition) is 2. The van der Waals surface area contributed by atoms with Gasteiger partial charge in [-0.15, -0.1) is 11.3 Å². The van der Waals surface area contributed by atoms with Gasteiger partial charge in [0.15, 0.2) is 0 Å². The van der Waals surface area contributed by atoms with E-state index < -0.39 is 12.1 Å². The number of aliphatic hydroxyl groups is 1. The molecular formula is C11H12N2O3S. The maximum Gasteiger partial charge on any atom is 0.336 e. The Morgan fingerprint density at radius 1 is 1.59 bits per heavy atom. The number of aryl methyl sites for hydroxylation is 1. The van der Waals surface area contributed by atoms with Gasteiger partial charge in [0, 0.05) is 18.3 Å². The van der Waals surface area contributed by atoms with E-state index in [0.29, 0.717) is 10.4 Å². The minimum atomic E-state index is -1.03. The Bertz CT molecular complexity index is 559. The number of hydrogen-bond acceptors (Lipinski definition) is 4. The zero-order chi connectivity index (χ0) is 12.6. The molecule has 2 heterocycles. The van der Waals surface area contributed by atoms with Crippen molar-refractivity contribution in [1.29, 1.82) is 0 Å². The Hall–Kier alpha value is -1.66. The van der Waals surface area contributed by atoms with Gasteiger partial charge in [-0.3, -0.25) is 4.68 Å². The molecule has 2 N–H and O–H groups in total. The summed E-state index contributed by atoms with van der Waals surface area (Å²) in [5.41, 5.74) is 1.60. The fourth-order valence-corrected chi connectivity index (χ4v) is 2.52. The van der Waals surface area contributed by atoms with Crippen molar-refractivity contribution in [1.82, 2.24) is 9.78 Å². The van der Waals surface area contributed by atoms with Crippen LogP contribution in [0.4, 0.5) is 0 Å². The van der Waals surface area contributed by atoms with Crippen molar-refractivity contribution in [3.05, 3.63) is 39.3 Å². The number of carboxylic acid groups (broad SMARTS) is 1. The average molecular weight is 252 g/mol. The zero-order valence-electron chi connectivity index (χ0n) is 9.41. The lowest BCUT2D eigenvalue weighted by Crippen LogP contribution is -2.06. The molecular weight excluding hydrogens is 240 g/mol. The summed E-state index contributed by atoms with van der Waals surface area (Å²) in [6.45, 7) is 1.83. The number of aliphatic hydroxyl groups excluding tert-OH is 1. The van der Waals surface area contributed by atoms with Crippen molar-refractivity contribution in [2.45, 2.75) is 13.0 Å². The first-order chi connectivity index (χ1) is 8.02. The second kappa shape index (κ2) is 4.31. The molecule has 17 heavy (non-hydrogen) atoms. The number of carboxylic acids is 1. The third kappa shape index (κ3) is 1.96. The topological polar surface area (TPSA) is 75.3 Å². The van der Waals surface area contributed by atoms with E-state index in [1.165, 1.54) is 17.4 Å². The van der Waals surface area contributed by atoms with Crippen LogP contribution in [0.15, 0.2) is 17.6 Å². The number of rotatable bonds is 3. The summed E-state index contributed by atoms with van der Waals surface area (Å²) in [6.07, 6.45) is 0.625. The summed E-state index contributed by atoms with van der Waals surface area (Å²) in [6, 6.07) is 1.50. The highest BCUT2D eigenvalue weighted by Gasteiger charge is 2.22. The summed E-state index contributed by atoms with van der Waals surface area (Å²) in [5, 5.41) is 24.9. The Kier molecular flexibility index (Phi) is 2.99. The first-order valence-corrected chi connectivity index (χ1v) is 5.87. The van der Waals surface area contributed by atoms with Crippen molar-refractivity contribution >= 4 is 17.3 Å². The van der Waals surface area contributed by atoms with E-state index in [2.05, 4.69) is 5.10 Å². The molecule has 1 atom stereocenters. The largest absolute Gasteiger partial charge is 0.478 e. The van der Waals surface area contributed by atoms with Crippen LogP contribution in [-0.2, 0) is 7.05 Å². The van der Waals surface area contributed by atoms with Gasteiger partial charge in [0.2, 0.25) is 0 Å². The summed E-state index contributed by atoms with van der Waals surface area (Å²) >= 11 is 1.23. The van der Waals surface area contributed by atoms with Crippen LogP contribution in [0, 0.1) is 6.92 Å². The second-order valence-electron chi connectivity index (χ2n) is 3.72. The molecule has 6 heteroatoms. The number of aromatic nitrogens is 2. The van der Waals surface area contributed by atoms with Crippen LogP contribution in [-0.4, -0.2) is 26.0 Å². The van der Waals surface area contributed by atoms with Crippen LogP contribution in [0.5, 0.6) is 0 Å². The van der Waals surface area contributed by atoms with E-state index in [0.717, 1.165) is 5.69 Å². The fourth-order valence-electron chi connectivity index (χ4n) is 1.63. The molecule has 1 unspecified atom stereocenters. The van der Waals surface area contributed by atoms with E-state index in [1.807, 2.05) is 6.92 Å². The molecule has 0 saturated carbocycles. The Morgan fingerprint density at radius 3 is 2.82 bits per heavy atom. The molecule has 0 saturated heterocycles. The second-order valence-corrected chi connectivity index (χ2v) is 4.66. The number of carbonyl (C=O) groups is 1. The molecule has 2 aromatic heterocycles. The molecule has 0 aliphatic carbocycles. The van der Waals surface area contributed by atoms with Crippen molar-refractivity contribution in [2.75, 3.05) is 0 Å². The van der Waals surface area contributed by atoms with E-state index in [4.69, 9.17) is 5.11 Å². The number of aromatic carboxylic acids is 1. The van der Waals surface area contributed by atoms with Gasteiger partial charge < -0.3 is 10.2 Å². The third-order valence-electron chi connectivity index (χ3n) is 2.74. The van der Waals surface area contributed by atoms with Crippen LogP contribution in [0.25, 0.3) is 0 Å². The average Bonchev–Trinajstić information content (AvgIpc) is 2.87. The normalized spacial score (nSPS) is 12.6. The van der Waals surface area contributed by atoms with Gasteiger partial charge in [-0.05, 0) is 18.4 Å². The van der Waals surface area contributed by atoms with Gasteiger partial charge >= 0.3 is 5.97 Å². The van der Waals surface area contributed by atoms with Gasteiger partial charge in [0.1, 0.15) is 6.10 Å². The predicted molar refractivity (Wildman–Crippen MR) is 63.3 cm³/mol. The molecule has 90 valence electrons. The molecule has 0 fully saturated rings. The first kappa shape index (κ1) is 11.8. The zero-order valence-corrected chi connectivity index (χ0v) is 10.2. The molecule has 2 rings (SSSR count). The quantitative estimate of drug-likeness (QED) is 0.869. The lowest BCUT2D eigenvalue weighted by molar-refractivity contribution is 0.0692. The molecule has 0 aliphatic rings. The first-order valence-electron chi connectivity index (χ1n) is 4.99. The van der Waals surface area contributed by atoms with E-state index in [-0.39, 0.29) is 5.56 Å². The molecule has 0 aromatic carbocycles. The predicted octanol–water partition coefficient (Wildman–Crippen LogP) is 1.57. The molecule has 2 aromatic rings. The molecule has 0 amide bonds. The highest BCUT2D eigenvalue weighted by molar-refractivity contribution is 7.10. The highest BCUT2D eigenvalue weighted by atomic mass is 32.1. The van der Waals surface area contributed by atoms with Crippen LogP contribution in [0.1, 0.15) is 32.6 Å². The van der Waals surface area contributed by atoms with Crippen molar-refractivity contribution < 1.29 is 15.0 Å². The summed E-state index contributed by atoms with van der Waals surface area (Å²) in [5.74, 6) is -1.03. The minimum absolute atomic E-state index is 0.144. The summed E-state index contributed by atoms with van der Waals surface area (Å²) < 4.78 is 1.65. The summed E-state index contributed by atoms with van der Waals surface area (Å²) in [4.78, 5) is 11.4. The highest BCUT2D eigenvalue weighted by Crippen LogP contribution is 2.31. The van der Waals surface area contributed by atoms with Gasteiger partial charge in [-0.25, -0.2) is 4.79 Å². The SMILES string of the molecule is Cc1c(C(O)c2sccc2C(=O)O)cnn1C. The Labute approximate surface area is 102 Å². The van der Waals surface area contributed by atoms with Crippen molar-refractivity contribution in [2.24, 2.45) is 7.05 Å². The van der Waals surface area contributed by atoms with Gasteiger partial charge in [-0.2, -0.15) is 5.10 Å². The van der Waals surface area contributed by atoms with Crippen molar-refractivity contribution in [3.8, 4) is 0 Å². The fraction of sp³-hybridized carbons (Fsp3) is 0.273. The lowest BCUT2D eigenvalue weighted by Gasteiger charge is -2.09. The molecule has 0 radical (unpaired) electrons. The van der Waals surface area contributed by atoms with Crippen LogP contribution < -0.4 is 0 Å². The Balaban J connectivity index is 2.44. The van der Waals surface area contributed by atoms with Crippen LogP contribution in [0.3, 0.4) is 0 Å². The van der Waals surface area contributed by atoms with Gasteiger partial charge in [-0.1, -0.05) is 0 Å². The van der Waals surface area contributed by atoms with Crippen LogP contribution in [0.2, 0.25) is 0 Å². The van der Waals surface area contributed by atoms with Crippen molar-refractivity contribution in [3.63, 3.8) is 0 Å². The van der Waals surface area contributed by atoms with E-state index in [1.54, 1.807) is 23.3 Å². The maximum absolute atomic E-state index is 11.0. The molecule has 0 spiro atoms. The monoisotopic (exact) mass is 252 g/mol. The summed E-state index contributed by atoms with van der Waals surface area (Å²) in [7, 11) is 1.78.